The van der Waals surface area contributed by atoms with Crippen molar-refractivity contribution in [2.75, 3.05) is 26.2 Å². The molecule has 1 amide bonds. The van der Waals surface area contributed by atoms with Crippen molar-refractivity contribution in [2.45, 2.75) is 50.6 Å². The molecule has 0 aromatic heterocycles. The number of hydrogen-bond acceptors (Lipinski definition) is 7. The van der Waals surface area contributed by atoms with E-state index < -0.39 is 12.4 Å². The first-order valence-corrected chi connectivity index (χ1v) is 14.1. The van der Waals surface area contributed by atoms with Crippen molar-refractivity contribution in [3.05, 3.63) is 108 Å². The fourth-order valence-electron chi connectivity index (χ4n) is 5.35. The zero-order chi connectivity index (χ0) is 28.6. The number of aliphatic hydroxyl groups excluding tert-OH is 2. The van der Waals surface area contributed by atoms with Gasteiger partial charge in [-0.15, -0.1) is 0 Å². The molecule has 2 fully saturated rings. The van der Waals surface area contributed by atoms with E-state index in [1.807, 2.05) is 60.7 Å². The van der Waals surface area contributed by atoms with Crippen LogP contribution in [0.4, 0.5) is 4.79 Å². The quantitative estimate of drug-likeness (QED) is 0.305. The van der Waals surface area contributed by atoms with E-state index in [-0.39, 0.29) is 31.5 Å². The first kappa shape index (κ1) is 29.0. The smallest absolute Gasteiger partial charge is 0.407 e. The van der Waals surface area contributed by atoms with Crippen LogP contribution in [-0.4, -0.2) is 59.7 Å². The Morgan fingerprint density at radius 3 is 2.51 bits per heavy atom. The predicted octanol–water partition coefficient (Wildman–Crippen LogP) is 4.87. The Bertz CT molecular complexity index is 1300. The lowest BCUT2D eigenvalue weighted by Gasteiger charge is -2.37. The third-order valence-corrected chi connectivity index (χ3v) is 7.54. The average molecular weight is 559 g/mol. The van der Waals surface area contributed by atoms with E-state index in [1.165, 1.54) is 6.08 Å². The van der Waals surface area contributed by atoms with E-state index in [9.17, 15) is 15.0 Å². The molecule has 41 heavy (non-hydrogen) atoms. The Kier molecular flexibility index (Phi) is 9.82. The van der Waals surface area contributed by atoms with Gasteiger partial charge in [0.25, 0.3) is 0 Å². The Morgan fingerprint density at radius 1 is 1.02 bits per heavy atom. The van der Waals surface area contributed by atoms with Gasteiger partial charge >= 0.3 is 6.09 Å². The summed E-state index contributed by atoms with van der Waals surface area (Å²) in [4.78, 5) is 14.0. The Hall–Kier alpha value is -3.53. The van der Waals surface area contributed by atoms with Gasteiger partial charge in [-0.25, -0.2) is 4.79 Å². The van der Waals surface area contributed by atoms with Crippen LogP contribution in [0.5, 0.6) is 0 Å². The van der Waals surface area contributed by atoms with Crippen molar-refractivity contribution in [3.63, 3.8) is 0 Å². The summed E-state index contributed by atoms with van der Waals surface area (Å²) >= 11 is 0. The first-order valence-electron chi connectivity index (χ1n) is 14.1. The van der Waals surface area contributed by atoms with Crippen LogP contribution in [-0.2, 0) is 27.4 Å². The molecule has 3 N–H and O–H groups in total. The monoisotopic (exact) mass is 558 g/mol. The number of nitrogens with zero attached hydrogens (tertiary/aromatic N) is 1. The maximum absolute atomic E-state index is 11.8. The molecule has 0 unspecified atom stereocenters. The summed E-state index contributed by atoms with van der Waals surface area (Å²) in [7, 11) is 0. The van der Waals surface area contributed by atoms with Gasteiger partial charge in [0.1, 0.15) is 6.61 Å². The van der Waals surface area contributed by atoms with Crippen LogP contribution in [0.25, 0.3) is 11.1 Å². The highest BCUT2D eigenvalue weighted by atomic mass is 16.7. The Balaban J connectivity index is 1.29. The molecule has 0 saturated carbocycles. The van der Waals surface area contributed by atoms with Gasteiger partial charge < -0.3 is 29.7 Å². The van der Waals surface area contributed by atoms with Crippen molar-refractivity contribution < 1.29 is 29.2 Å². The molecule has 0 radical (unpaired) electrons. The number of carbonyl (C=O) groups is 1. The van der Waals surface area contributed by atoms with Gasteiger partial charge in [0.05, 0.1) is 24.9 Å². The number of hydrogen-bond donors (Lipinski definition) is 3. The standard InChI is InChI=1S/C33H38N2O6/c1-2-16-39-33(38)34-19-24-4-3-5-28(17-24)25-10-12-27(13-11-25)32-40-30(21-35-15-14-29(37)20-35)18-31(41-32)26-8-6-23(22-36)7-9-26/h2-13,17,29-32,36-37H,1,14-16,18-22H2,(H,34,38)/t29-,30+,31-,32-/m0/s1. The fourth-order valence-corrected chi connectivity index (χ4v) is 5.35. The van der Waals surface area contributed by atoms with Crippen molar-refractivity contribution >= 4 is 6.09 Å². The molecule has 2 aliphatic heterocycles. The minimum atomic E-state index is -0.532. The molecule has 2 saturated heterocycles. The molecule has 3 aromatic rings. The van der Waals surface area contributed by atoms with Crippen LogP contribution >= 0.6 is 0 Å². The second-order valence-corrected chi connectivity index (χ2v) is 10.6. The van der Waals surface area contributed by atoms with Gasteiger partial charge in [-0.1, -0.05) is 79.4 Å². The molecule has 8 nitrogen and oxygen atoms in total. The summed E-state index contributed by atoms with van der Waals surface area (Å²) in [5, 5.41) is 22.2. The van der Waals surface area contributed by atoms with Crippen LogP contribution in [0.1, 0.15) is 47.5 Å². The third kappa shape index (κ3) is 7.81. The van der Waals surface area contributed by atoms with E-state index in [0.717, 1.165) is 52.9 Å². The summed E-state index contributed by atoms with van der Waals surface area (Å²) in [5.41, 5.74) is 5.89. The molecule has 0 spiro atoms. The molecule has 4 atom stereocenters. The second kappa shape index (κ2) is 13.9. The predicted molar refractivity (Wildman–Crippen MR) is 156 cm³/mol. The van der Waals surface area contributed by atoms with E-state index in [1.54, 1.807) is 0 Å². The lowest BCUT2D eigenvalue weighted by Crippen LogP contribution is -2.38. The van der Waals surface area contributed by atoms with Gasteiger partial charge in [-0.2, -0.15) is 0 Å². The summed E-state index contributed by atoms with van der Waals surface area (Å²) in [6.45, 7) is 6.35. The van der Waals surface area contributed by atoms with E-state index in [0.29, 0.717) is 19.5 Å². The van der Waals surface area contributed by atoms with Crippen molar-refractivity contribution in [2.24, 2.45) is 0 Å². The average Bonchev–Trinajstić information content (AvgIpc) is 3.43. The van der Waals surface area contributed by atoms with Gasteiger partial charge in [0.15, 0.2) is 6.29 Å². The molecule has 0 aliphatic carbocycles. The maximum Gasteiger partial charge on any atom is 0.407 e. The van der Waals surface area contributed by atoms with Crippen molar-refractivity contribution in [1.82, 2.24) is 10.2 Å². The summed E-state index contributed by atoms with van der Waals surface area (Å²) in [6.07, 6.45) is 1.54. The van der Waals surface area contributed by atoms with E-state index in [4.69, 9.17) is 14.2 Å². The summed E-state index contributed by atoms with van der Waals surface area (Å²) in [5.74, 6) is 0. The molecule has 2 aliphatic rings. The zero-order valence-corrected chi connectivity index (χ0v) is 23.2. The number of carbonyl (C=O) groups excluding carboxylic acids is 1. The Labute approximate surface area is 241 Å². The number of alkyl carbamates (subject to hydrolysis) is 1. The minimum absolute atomic E-state index is 0.00545. The number of likely N-dealkylation sites (tertiary alicyclic amines) is 1. The molecule has 0 bridgehead atoms. The fraction of sp³-hybridized carbons (Fsp3) is 0.364. The molecular formula is C33H38N2O6. The highest BCUT2D eigenvalue weighted by Crippen LogP contribution is 2.39. The number of ether oxygens (including phenoxy) is 3. The molecule has 2 heterocycles. The van der Waals surface area contributed by atoms with E-state index in [2.05, 4.69) is 28.9 Å². The number of rotatable bonds is 10. The number of nitrogens with one attached hydrogen (secondary N) is 1. The van der Waals surface area contributed by atoms with Gasteiger partial charge in [-0.3, -0.25) is 4.90 Å². The highest BCUT2D eigenvalue weighted by molar-refractivity contribution is 5.68. The number of amides is 1. The molecular weight excluding hydrogens is 520 g/mol. The lowest BCUT2D eigenvalue weighted by atomic mass is 9.99. The Morgan fingerprint density at radius 2 is 1.80 bits per heavy atom. The van der Waals surface area contributed by atoms with Crippen LogP contribution < -0.4 is 5.32 Å². The van der Waals surface area contributed by atoms with Crippen LogP contribution in [0.15, 0.2) is 85.5 Å². The van der Waals surface area contributed by atoms with Gasteiger partial charge in [-0.05, 0) is 40.3 Å². The van der Waals surface area contributed by atoms with Gasteiger partial charge in [0, 0.05) is 38.2 Å². The number of β-amino-alcohol motifs (C(OH)–C–C–N with tert-alkyl or cyclic N) is 1. The van der Waals surface area contributed by atoms with Gasteiger partial charge in [0.2, 0.25) is 0 Å². The topological polar surface area (TPSA) is 100 Å². The van der Waals surface area contributed by atoms with Crippen LogP contribution in [0.3, 0.4) is 0 Å². The normalized spacial score (nSPS) is 22.8. The second-order valence-electron chi connectivity index (χ2n) is 10.6. The summed E-state index contributed by atoms with van der Waals surface area (Å²) < 4.78 is 17.9. The minimum Gasteiger partial charge on any atom is -0.445 e. The molecule has 8 heteroatoms. The lowest BCUT2D eigenvalue weighted by molar-refractivity contribution is -0.252. The molecule has 216 valence electrons. The first-order chi connectivity index (χ1) is 20.0. The van der Waals surface area contributed by atoms with Crippen molar-refractivity contribution in [3.8, 4) is 11.1 Å². The summed E-state index contributed by atoms with van der Waals surface area (Å²) in [6, 6.07) is 24.1. The van der Waals surface area contributed by atoms with Crippen LogP contribution in [0, 0.1) is 0 Å². The zero-order valence-electron chi connectivity index (χ0n) is 23.2. The van der Waals surface area contributed by atoms with Crippen LogP contribution in [0.2, 0.25) is 0 Å². The number of benzene rings is 3. The number of aliphatic hydroxyl groups is 2. The molecule has 5 rings (SSSR count). The largest absolute Gasteiger partial charge is 0.445 e. The maximum atomic E-state index is 11.8. The molecule has 3 aromatic carbocycles. The SMILES string of the molecule is C=CCOC(=O)NCc1cccc(-c2ccc([C@H]3O[C@@H](CN4CC[C@H](O)C4)C[C@@H](c4ccc(CO)cc4)O3)cc2)c1. The van der Waals surface area contributed by atoms with Crippen molar-refractivity contribution in [1.29, 1.82) is 0 Å². The highest BCUT2D eigenvalue weighted by Gasteiger charge is 2.34. The van der Waals surface area contributed by atoms with E-state index >= 15 is 0 Å². The third-order valence-electron chi connectivity index (χ3n) is 7.54.